The molecule has 0 bridgehead atoms. The minimum atomic E-state index is 0.817. The van der Waals surface area contributed by atoms with Crippen molar-refractivity contribution in [3.05, 3.63) is 35.5 Å². The number of nitrogens with zero attached hydrogens (tertiary/aromatic N) is 1. The van der Waals surface area contributed by atoms with Crippen LogP contribution in [0.25, 0.3) is 11.1 Å². The van der Waals surface area contributed by atoms with Crippen LogP contribution in [-0.2, 0) is 0 Å². The Morgan fingerprint density at radius 3 is 2.80 bits per heavy atom. The van der Waals surface area contributed by atoms with E-state index in [0.29, 0.717) is 0 Å². The van der Waals surface area contributed by atoms with Crippen molar-refractivity contribution in [2.75, 3.05) is 5.73 Å². The van der Waals surface area contributed by atoms with Gasteiger partial charge in [-0.05, 0) is 24.6 Å². The van der Waals surface area contributed by atoms with Crippen LogP contribution >= 0.6 is 11.3 Å². The van der Waals surface area contributed by atoms with Gasteiger partial charge < -0.3 is 5.73 Å². The molecular weight excluding hydrogens is 204 g/mol. The predicted octanol–water partition coefficient (Wildman–Crippen LogP) is 2.76. The fourth-order valence-corrected chi connectivity index (χ4v) is 1.98. The summed E-state index contributed by atoms with van der Waals surface area (Å²) in [7, 11) is 0. The summed E-state index contributed by atoms with van der Waals surface area (Å²) in [4.78, 5) is 4.15. The SMILES string of the molecule is CC#Cc1cncc(-c2csc(N)c2)c1. The number of nitrogens with two attached hydrogens (primary N) is 1. The number of pyridine rings is 1. The molecule has 2 aromatic rings. The number of rotatable bonds is 1. The maximum Gasteiger partial charge on any atom is 0.0862 e. The van der Waals surface area contributed by atoms with E-state index in [9.17, 15) is 0 Å². The minimum absolute atomic E-state index is 0.817. The molecule has 2 heterocycles. The zero-order valence-electron chi connectivity index (χ0n) is 8.32. The topological polar surface area (TPSA) is 38.9 Å². The Balaban J connectivity index is 2.43. The van der Waals surface area contributed by atoms with E-state index in [0.717, 1.165) is 21.7 Å². The number of anilines is 1. The van der Waals surface area contributed by atoms with E-state index in [1.165, 1.54) is 11.3 Å². The second-order valence-electron chi connectivity index (χ2n) is 3.08. The third-order valence-corrected chi connectivity index (χ3v) is 2.72. The summed E-state index contributed by atoms with van der Waals surface area (Å²) in [5.41, 5.74) is 8.77. The fraction of sp³-hybridized carbons (Fsp3) is 0.0833. The van der Waals surface area contributed by atoms with Crippen LogP contribution in [0.4, 0.5) is 5.00 Å². The molecule has 0 fully saturated rings. The quantitative estimate of drug-likeness (QED) is 0.741. The maximum absolute atomic E-state index is 5.68. The first-order valence-electron chi connectivity index (χ1n) is 4.52. The van der Waals surface area contributed by atoms with Gasteiger partial charge in [-0.2, -0.15) is 0 Å². The van der Waals surface area contributed by atoms with E-state index in [1.54, 1.807) is 6.20 Å². The summed E-state index contributed by atoms with van der Waals surface area (Å²) in [6.45, 7) is 1.81. The number of hydrogen-bond acceptors (Lipinski definition) is 3. The first kappa shape index (κ1) is 9.75. The molecule has 0 aliphatic heterocycles. The highest BCUT2D eigenvalue weighted by molar-refractivity contribution is 7.14. The maximum atomic E-state index is 5.68. The van der Waals surface area contributed by atoms with Gasteiger partial charge in [0, 0.05) is 28.9 Å². The van der Waals surface area contributed by atoms with Crippen molar-refractivity contribution < 1.29 is 0 Å². The van der Waals surface area contributed by atoms with Crippen LogP contribution in [0.5, 0.6) is 0 Å². The second-order valence-corrected chi connectivity index (χ2v) is 4.02. The molecule has 0 amide bonds. The lowest BCUT2D eigenvalue weighted by atomic mass is 10.1. The highest BCUT2D eigenvalue weighted by Crippen LogP contribution is 2.26. The highest BCUT2D eigenvalue weighted by atomic mass is 32.1. The molecule has 2 N–H and O–H groups in total. The molecule has 74 valence electrons. The molecule has 0 saturated carbocycles. The Morgan fingerprint density at radius 2 is 2.13 bits per heavy atom. The van der Waals surface area contributed by atoms with E-state index < -0.39 is 0 Å². The van der Waals surface area contributed by atoms with Crippen LogP contribution in [0.2, 0.25) is 0 Å². The molecule has 0 aromatic carbocycles. The Labute approximate surface area is 92.8 Å². The smallest absolute Gasteiger partial charge is 0.0862 e. The lowest BCUT2D eigenvalue weighted by molar-refractivity contribution is 1.31. The third kappa shape index (κ3) is 2.17. The van der Waals surface area contributed by atoms with Crippen LogP contribution in [0, 0.1) is 11.8 Å². The number of hydrogen-bond donors (Lipinski definition) is 1. The van der Waals surface area contributed by atoms with Crippen LogP contribution in [-0.4, -0.2) is 4.98 Å². The van der Waals surface area contributed by atoms with Crippen LogP contribution in [0.15, 0.2) is 29.9 Å². The zero-order chi connectivity index (χ0) is 10.7. The van der Waals surface area contributed by atoms with Crippen LogP contribution in [0.3, 0.4) is 0 Å². The molecule has 0 aliphatic rings. The summed E-state index contributed by atoms with van der Waals surface area (Å²) < 4.78 is 0. The van der Waals surface area contributed by atoms with Crippen molar-refractivity contribution in [2.24, 2.45) is 0 Å². The van der Waals surface area contributed by atoms with Crippen LogP contribution in [0.1, 0.15) is 12.5 Å². The molecule has 2 rings (SSSR count). The monoisotopic (exact) mass is 214 g/mol. The Kier molecular flexibility index (Phi) is 2.70. The molecule has 0 saturated heterocycles. The number of aromatic nitrogens is 1. The average molecular weight is 214 g/mol. The van der Waals surface area contributed by atoms with E-state index in [2.05, 4.69) is 16.8 Å². The lowest BCUT2D eigenvalue weighted by Crippen LogP contribution is -1.81. The first-order valence-corrected chi connectivity index (χ1v) is 5.40. The Bertz CT molecular complexity index is 532. The molecule has 0 unspecified atom stereocenters. The van der Waals surface area contributed by atoms with E-state index in [4.69, 9.17) is 5.73 Å². The van der Waals surface area contributed by atoms with Crippen molar-refractivity contribution in [1.29, 1.82) is 0 Å². The van der Waals surface area contributed by atoms with Gasteiger partial charge >= 0.3 is 0 Å². The average Bonchev–Trinajstić information content (AvgIpc) is 2.66. The number of nitrogen functional groups attached to an aromatic ring is 1. The third-order valence-electron chi connectivity index (χ3n) is 1.96. The van der Waals surface area contributed by atoms with Crippen LogP contribution < -0.4 is 5.73 Å². The molecule has 0 aliphatic carbocycles. The molecule has 2 nitrogen and oxygen atoms in total. The summed E-state index contributed by atoms with van der Waals surface area (Å²) in [6, 6.07) is 3.97. The predicted molar refractivity (Wildman–Crippen MR) is 64.5 cm³/mol. The molecule has 0 spiro atoms. The lowest BCUT2D eigenvalue weighted by Gasteiger charge is -1.97. The van der Waals surface area contributed by atoms with Gasteiger partial charge in [0.25, 0.3) is 0 Å². The van der Waals surface area contributed by atoms with Crippen molar-refractivity contribution in [3.8, 4) is 23.0 Å². The van der Waals surface area contributed by atoms with Crippen molar-refractivity contribution in [3.63, 3.8) is 0 Å². The molecule has 15 heavy (non-hydrogen) atoms. The zero-order valence-corrected chi connectivity index (χ0v) is 9.14. The van der Waals surface area contributed by atoms with E-state index >= 15 is 0 Å². The summed E-state index contributed by atoms with van der Waals surface area (Å²) in [5, 5.41) is 2.84. The van der Waals surface area contributed by atoms with Crippen molar-refractivity contribution in [1.82, 2.24) is 4.98 Å². The van der Waals surface area contributed by atoms with Gasteiger partial charge in [0.05, 0.1) is 5.00 Å². The molecular formula is C12H10N2S. The van der Waals surface area contributed by atoms with E-state index in [-0.39, 0.29) is 0 Å². The highest BCUT2D eigenvalue weighted by Gasteiger charge is 2.01. The molecule has 2 aromatic heterocycles. The van der Waals surface area contributed by atoms with Gasteiger partial charge in [-0.15, -0.1) is 17.3 Å². The minimum Gasteiger partial charge on any atom is -0.391 e. The van der Waals surface area contributed by atoms with Gasteiger partial charge in [0.2, 0.25) is 0 Å². The molecule has 3 heteroatoms. The standard InChI is InChI=1S/C12H10N2S/c1-2-3-9-4-10(7-14-6-9)11-5-12(13)15-8-11/h4-8H,13H2,1H3. The fourth-order valence-electron chi connectivity index (χ4n) is 1.31. The Morgan fingerprint density at radius 1 is 1.27 bits per heavy atom. The van der Waals surface area contributed by atoms with Gasteiger partial charge in [0.1, 0.15) is 0 Å². The van der Waals surface area contributed by atoms with Gasteiger partial charge in [-0.1, -0.05) is 5.92 Å². The van der Waals surface area contributed by atoms with Gasteiger partial charge in [-0.25, -0.2) is 0 Å². The van der Waals surface area contributed by atoms with Gasteiger partial charge in [-0.3, -0.25) is 4.98 Å². The normalized spacial score (nSPS) is 9.40. The molecule has 0 atom stereocenters. The largest absolute Gasteiger partial charge is 0.391 e. The molecule has 0 radical (unpaired) electrons. The first-order chi connectivity index (χ1) is 7.29. The summed E-state index contributed by atoms with van der Waals surface area (Å²) >= 11 is 1.53. The summed E-state index contributed by atoms with van der Waals surface area (Å²) in [5.74, 6) is 5.84. The van der Waals surface area contributed by atoms with Crippen molar-refractivity contribution in [2.45, 2.75) is 6.92 Å². The summed E-state index contributed by atoms with van der Waals surface area (Å²) in [6.07, 6.45) is 3.58. The Hall–Kier alpha value is -1.79. The number of thiophene rings is 1. The van der Waals surface area contributed by atoms with Crippen molar-refractivity contribution >= 4 is 16.3 Å². The van der Waals surface area contributed by atoms with E-state index in [1.807, 2.05) is 30.6 Å². The van der Waals surface area contributed by atoms with Gasteiger partial charge in [0.15, 0.2) is 0 Å². The second kappa shape index (κ2) is 4.16.